The van der Waals surface area contributed by atoms with Crippen LogP contribution in [0, 0.1) is 0 Å². The van der Waals surface area contributed by atoms with Gasteiger partial charge < -0.3 is 19.5 Å². The lowest BCUT2D eigenvalue weighted by Gasteiger charge is -2.23. The van der Waals surface area contributed by atoms with Crippen molar-refractivity contribution >= 4 is 15.9 Å². The molecule has 1 aliphatic rings. The molecule has 19 heavy (non-hydrogen) atoms. The van der Waals surface area contributed by atoms with Gasteiger partial charge in [-0.3, -0.25) is 0 Å². The summed E-state index contributed by atoms with van der Waals surface area (Å²) < 4.78 is 17.3. The van der Waals surface area contributed by atoms with E-state index in [0.717, 1.165) is 36.3 Å². The molecular weight excluding hydrogens is 310 g/mol. The topological polar surface area (TPSA) is 39.7 Å². The lowest BCUT2D eigenvalue weighted by molar-refractivity contribution is 0.0292. The van der Waals surface area contributed by atoms with Crippen molar-refractivity contribution in [2.45, 2.75) is 12.5 Å². The Labute approximate surface area is 122 Å². The van der Waals surface area contributed by atoms with Crippen molar-refractivity contribution in [3.63, 3.8) is 0 Å². The standard InChI is InChI=1S/C14H20BrNO3/c1-17-6-7-19-14-3-2-11(9-13(14)15)8-12-10-16-4-5-18-12/h2-3,9,12,16H,4-8,10H2,1H3. The zero-order valence-electron chi connectivity index (χ0n) is 11.2. The summed E-state index contributed by atoms with van der Waals surface area (Å²) in [6, 6.07) is 6.18. The molecule has 1 saturated heterocycles. The molecule has 0 amide bonds. The summed E-state index contributed by atoms with van der Waals surface area (Å²) in [6.45, 7) is 3.82. The van der Waals surface area contributed by atoms with E-state index in [2.05, 4.69) is 33.4 Å². The van der Waals surface area contributed by atoms with Crippen molar-refractivity contribution < 1.29 is 14.2 Å². The Bertz CT molecular complexity index is 394. The minimum atomic E-state index is 0.265. The first-order valence-electron chi connectivity index (χ1n) is 6.52. The molecular formula is C14H20BrNO3. The fourth-order valence-corrected chi connectivity index (χ4v) is 2.58. The average molecular weight is 330 g/mol. The van der Waals surface area contributed by atoms with E-state index in [9.17, 15) is 0 Å². The molecule has 0 radical (unpaired) electrons. The first-order chi connectivity index (χ1) is 9.29. The van der Waals surface area contributed by atoms with Crippen LogP contribution in [0.2, 0.25) is 0 Å². The molecule has 1 fully saturated rings. The summed E-state index contributed by atoms with van der Waals surface area (Å²) in [4.78, 5) is 0. The summed E-state index contributed by atoms with van der Waals surface area (Å²) in [5, 5.41) is 3.34. The highest BCUT2D eigenvalue weighted by Gasteiger charge is 2.14. The number of hydrogen-bond donors (Lipinski definition) is 1. The van der Waals surface area contributed by atoms with Gasteiger partial charge in [0.05, 0.1) is 23.8 Å². The van der Waals surface area contributed by atoms with Crippen molar-refractivity contribution in [2.24, 2.45) is 0 Å². The Balaban J connectivity index is 1.90. The Kier molecular flexibility index (Phi) is 6.10. The Morgan fingerprint density at radius 3 is 3.00 bits per heavy atom. The lowest BCUT2D eigenvalue weighted by atomic mass is 10.1. The fourth-order valence-electron chi connectivity index (χ4n) is 2.04. The van der Waals surface area contributed by atoms with Gasteiger partial charge in [0.1, 0.15) is 12.4 Å². The number of ether oxygens (including phenoxy) is 3. The third kappa shape index (κ3) is 4.76. The smallest absolute Gasteiger partial charge is 0.133 e. The number of morpholine rings is 1. The normalized spacial score (nSPS) is 19.4. The van der Waals surface area contributed by atoms with Crippen molar-refractivity contribution in [3.8, 4) is 5.75 Å². The molecule has 5 heteroatoms. The first-order valence-corrected chi connectivity index (χ1v) is 7.31. The molecule has 0 saturated carbocycles. The van der Waals surface area contributed by atoms with Crippen LogP contribution in [0.15, 0.2) is 22.7 Å². The van der Waals surface area contributed by atoms with Crippen LogP contribution in [-0.4, -0.2) is 46.1 Å². The summed E-state index contributed by atoms with van der Waals surface area (Å²) in [5.41, 5.74) is 1.25. The van der Waals surface area contributed by atoms with Gasteiger partial charge in [0.15, 0.2) is 0 Å². The first kappa shape index (κ1) is 14.8. The number of benzene rings is 1. The van der Waals surface area contributed by atoms with Gasteiger partial charge in [0, 0.05) is 20.2 Å². The maximum absolute atomic E-state index is 5.71. The zero-order chi connectivity index (χ0) is 13.5. The van der Waals surface area contributed by atoms with Crippen LogP contribution in [0.1, 0.15) is 5.56 Å². The minimum Gasteiger partial charge on any atom is -0.490 e. The molecule has 1 aromatic carbocycles. The van der Waals surface area contributed by atoms with E-state index in [1.54, 1.807) is 7.11 Å². The summed E-state index contributed by atoms with van der Waals surface area (Å²) in [5.74, 6) is 0.850. The van der Waals surface area contributed by atoms with Crippen LogP contribution in [0.3, 0.4) is 0 Å². The van der Waals surface area contributed by atoms with E-state index in [4.69, 9.17) is 14.2 Å². The molecule has 0 bridgehead atoms. The van der Waals surface area contributed by atoms with Gasteiger partial charge in [0.2, 0.25) is 0 Å². The number of rotatable bonds is 6. The third-order valence-electron chi connectivity index (χ3n) is 3.01. The van der Waals surface area contributed by atoms with E-state index in [0.29, 0.717) is 13.2 Å². The molecule has 4 nitrogen and oxygen atoms in total. The summed E-state index contributed by atoms with van der Waals surface area (Å²) in [7, 11) is 1.67. The van der Waals surface area contributed by atoms with Crippen LogP contribution >= 0.6 is 15.9 Å². The second-order valence-corrected chi connectivity index (χ2v) is 5.36. The second kappa shape index (κ2) is 7.85. The van der Waals surface area contributed by atoms with Gasteiger partial charge in [-0.05, 0) is 40.0 Å². The van der Waals surface area contributed by atoms with E-state index >= 15 is 0 Å². The van der Waals surface area contributed by atoms with Crippen molar-refractivity contribution in [2.75, 3.05) is 40.0 Å². The highest BCUT2D eigenvalue weighted by Crippen LogP contribution is 2.26. The van der Waals surface area contributed by atoms with Gasteiger partial charge in [-0.1, -0.05) is 6.07 Å². The lowest BCUT2D eigenvalue weighted by Crippen LogP contribution is -2.39. The SMILES string of the molecule is COCCOc1ccc(CC2CNCCO2)cc1Br. The van der Waals surface area contributed by atoms with Gasteiger partial charge >= 0.3 is 0 Å². The van der Waals surface area contributed by atoms with Crippen LogP contribution < -0.4 is 10.1 Å². The molecule has 1 heterocycles. The predicted octanol–water partition coefficient (Wildman–Crippen LogP) is 2.01. The van der Waals surface area contributed by atoms with Crippen LogP contribution in [0.25, 0.3) is 0 Å². The number of nitrogens with one attached hydrogen (secondary N) is 1. The van der Waals surface area contributed by atoms with Gasteiger partial charge in [-0.25, -0.2) is 0 Å². The second-order valence-electron chi connectivity index (χ2n) is 4.51. The third-order valence-corrected chi connectivity index (χ3v) is 3.63. The molecule has 1 N–H and O–H groups in total. The Hall–Kier alpha value is -0.620. The highest BCUT2D eigenvalue weighted by atomic mass is 79.9. The van der Waals surface area contributed by atoms with Crippen LogP contribution in [0.4, 0.5) is 0 Å². The Morgan fingerprint density at radius 1 is 1.42 bits per heavy atom. The van der Waals surface area contributed by atoms with Gasteiger partial charge in [-0.2, -0.15) is 0 Å². The Morgan fingerprint density at radius 2 is 2.32 bits per heavy atom. The highest BCUT2D eigenvalue weighted by molar-refractivity contribution is 9.10. The van der Waals surface area contributed by atoms with E-state index < -0.39 is 0 Å². The molecule has 1 atom stereocenters. The molecule has 1 aliphatic heterocycles. The molecule has 0 spiro atoms. The maximum atomic E-state index is 5.71. The molecule has 1 aromatic rings. The number of methoxy groups -OCH3 is 1. The van der Waals surface area contributed by atoms with Gasteiger partial charge in [-0.15, -0.1) is 0 Å². The molecule has 1 unspecified atom stereocenters. The average Bonchev–Trinajstić information content (AvgIpc) is 2.43. The quantitative estimate of drug-likeness (QED) is 0.810. The summed E-state index contributed by atoms with van der Waals surface area (Å²) in [6.07, 6.45) is 1.19. The van der Waals surface area contributed by atoms with Crippen molar-refractivity contribution in [1.29, 1.82) is 0 Å². The van der Waals surface area contributed by atoms with E-state index in [-0.39, 0.29) is 6.10 Å². The van der Waals surface area contributed by atoms with E-state index in [1.807, 2.05) is 6.07 Å². The zero-order valence-corrected chi connectivity index (χ0v) is 12.7. The number of hydrogen-bond acceptors (Lipinski definition) is 4. The molecule has 0 aliphatic carbocycles. The van der Waals surface area contributed by atoms with Crippen LogP contribution in [-0.2, 0) is 15.9 Å². The van der Waals surface area contributed by atoms with Gasteiger partial charge in [0.25, 0.3) is 0 Å². The molecule has 0 aromatic heterocycles. The number of halogens is 1. The molecule has 106 valence electrons. The maximum Gasteiger partial charge on any atom is 0.133 e. The fraction of sp³-hybridized carbons (Fsp3) is 0.571. The minimum absolute atomic E-state index is 0.265. The van der Waals surface area contributed by atoms with Crippen LogP contribution in [0.5, 0.6) is 5.75 Å². The largest absolute Gasteiger partial charge is 0.490 e. The predicted molar refractivity (Wildman–Crippen MR) is 77.8 cm³/mol. The van der Waals surface area contributed by atoms with Crippen molar-refractivity contribution in [3.05, 3.63) is 28.2 Å². The van der Waals surface area contributed by atoms with Crippen molar-refractivity contribution in [1.82, 2.24) is 5.32 Å². The summed E-state index contributed by atoms with van der Waals surface area (Å²) >= 11 is 3.54. The monoisotopic (exact) mass is 329 g/mol. The molecule has 2 rings (SSSR count). The van der Waals surface area contributed by atoms with E-state index in [1.165, 1.54) is 5.56 Å².